The summed E-state index contributed by atoms with van der Waals surface area (Å²) in [4.78, 5) is 16.9. The smallest absolute Gasteiger partial charge is 0.355 e. The van der Waals surface area contributed by atoms with Crippen molar-refractivity contribution >= 4 is 27.5 Å². The van der Waals surface area contributed by atoms with E-state index in [2.05, 4.69) is 11.1 Å². The Kier molecular flexibility index (Phi) is 5.27. The topological polar surface area (TPSA) is 60.6 Å². The fourth-order valence-corrected chi connectivity index (χ4v) is 4.46. The highest BCUT2D eigenvalue weighted by Gasteiger charge is 2.22. The Morgan fingerprint density at radius 1 is 0.931 bits per heavy atom. The molecule has 0 aliphatic heterocycles. The minimum Gasteiger partial charge on any atom is -0.497 e. The normalized spacial score (nSPS) is 10.9. The molecular formula is C23H21NO4S. The molecule has 0 unspecified atom stereocenters. The van der Waals surface area contributed by atoms with E-state index in [1.807, 2.05) is 48.5 Å². The van der Waals surface area contributed by atoms with E-state index < -0.39 is 0 Å². The molecule has 2 aromatic heterocycles. The number of rotatable bonds is 6. The summed E-state index contributed by atoms with van der Waals surface area (Å²) < 4.78 is 16.8. The maximum Gasteiger partial charge on any atom is 0.355 e. The van der Waals surface area contributed by atoms with Crippen LogP contribution in [0, 0.1) is 0 Å². The molecule has 2 heterocycles. The van der Waals surface area contributed by atoms with Gasteiger partial charge in [-0.25, -0.2) is 4.79 Å². The van der Waals surface area contributed by atoms with Gasteiger partial charge in [-0.15, -0.1) is 11.3 Å². The second-order valence-corrected chi connectivity index (χ2v) is 7.46. The summed E-state index contributed by atoms with van der Waals surface area (Å²) in [5.41, 5.74) is 4.27. The molecule has 4 rings (SSSR count). The molecule has 0 fully saturated rings. The second kappa shape index (κ2) is 8.01. The number of H-pyrrole nitrogens is 1. The van der Waals surface area contributed by atoms with Gasteiger partial charge in [0.05, 0.1) is 31.0 Å². The third kappa shape index (κ3) is 3.59. The predicted octanol–water partition coefficient (Wildman–Crippen LogP) is 5.76. The van der Waals surface area contributed by atoms with Crippen LogP contribution in [0.2, 0.25) is 0 Å². The lowest BCUT2D eigenvalue weighted by Crippen LogP contribution is -2.06. The Morgan fingerprint density at radius 2 is 1.52 bits per heavy atom. The largest absolute Gasteiger partial charge is 0.497 e. The fourth-order valence-electron chi connectivity index (χ4n) is 3.27. The molecular weight excluding hydrogens is 386 g/mol. The minimum atomic E-state index is -0.354. The number of benzene rings is 2. The lowest BCUT2D eigenvalue weighted by Gasteiger charge is -2.06. The monoisotopic (exact) mass is 407 g/mol. The van der Waals surface area contributed by atoms with Crippen LogP contribution >= 0.6 is 11.3 Å². The number of methoxy groups -OCH3 is 2. The SMILES string of the molecule is CCOC(=O)c1[nH]c2cc(-c3ccc(OC)cc3)sc2c1-c1ccc(OC)cc1. The van der Waals surface area contributed by atoms with E-state index in [9.17, 15) is 4.79 Å². The molecule has 5 nitrogen and oxygen atoms in total. The highest BCUT2D eigenvalue weighted by atomic mass is 32.1. The van der Waals surface area contributed by atoms with E-state index >= 15 is 0 Å². The van der Waals surface area contributed by atoms with Gasteiger partial charge in [-0.3, -0.25) is 0 Å². The number of carbonyl (C=O) groups excluding carboxylic acids is 1. The zero-order valence-corrected chi connectivity index (χ0v) is 17.3. The molecule has 4 aromatic rings. The first-order valence-electron chi connectivity index (χ1n) is 9.26. The number of aromatic amines is 1. The number of ether oxygens (including phenoxy) is 3. The first kappa shape index (κ1) is 19.1. The first-order chi connectivity index (χ1) is 14.1. The average molecular weight is 407 g/mol. The van der Waals surface area contributed by atoms with Gasteiger partial charge >= 0.3 is 5.97 Å². The number of thiophene rings is 1. The van der Waals surface area contributed by atoms with E-state index in [4.69, 9.17) is 14.2 Å². The van der Waals surface area contributed by atoms with Gasteiger partial charge in [0.25, 0.3) is 0 Å². The minimum absolute atomic E-state index is 0.324. The number of esters is 1. The van der Waals surface area contributed by atoms with Gasteiger partial charge in [-0.2, -0.15) is 0 Å². The van der Waals surface area contributed by atoms with Crippen LogP contribution in [0.4, 0.5) is 0 Å². The molecule has 1 N–H and O–H groups in total. The predicted molar refractivity (Wildman–Crippen MR) is 116 cm³/mol. The Balaban J connectivity index is 1.84. The summed E-state index contributed by atoms with van der Waals surface area (Å²) in [6.45, 7) is 2.13. The van der Waals surface area contributed by atoms with Crippen LogP contribution in [0.5, 0.6) is 11.5 Å². The van der Waals surface area contributed by atoms with E-state index in [0.29, 0.717) is 12.3 Å². The average Bonchev–Trinajstić information content (AvgIpc) is 3.32. The Bertz CT molecular complexity index is 1140. The highest BCUT2D eigenvalue weighted by Crippen LogP contribution is 2.42. The van der Waals surface area contributed by atoms with Crippen LogP contribution in [0.1, 0.15) is 17.4 Å². The molecule has 0 amide bonds. The van der Waals surface area contributed by atoms with E-state index in [1.165, 1.54) is 0 Å². The quantitative estimate of drug-likeness (QED) is 0.413. The summed E-state index contributed by atoms with van der Waals surface area (Å²) in [5.74, 6) is 1.23. The van der Waals surface area contributed by atoms with Crippen LogP contribution in [-0.4, -0.2) is 31.8 Å². The van der Waals surface area contributed by atoms with Crippen molar-refractivity contribution in [3.8, 4) is 33.1 Å². The lowest BCUT2D eigenvalue weighted by molar-refractivity contribution is 0.0521. The van der Waals surface area contributed by atoms with Crippen molar-refractivity contribution in [1.82, 2.24) is 4.98 Å². The molecule has 29 heavy (non-hydrogen) atoms. The van der Waals surface area contributed by atoms with Crippen molar-refractivity contribution in [1.29, 1.82) is 0 Å². The number of nitrogens with one attached hydrogen (secondary N) is 1. The lowest BCUT2D eigenvalue weighted by atomic mass is 10.1. The van der Waals surface area contributed by atoms with Crippen molar-refractivity contribution in [3.05, 3.63) is 60.3 Å². The molecule has 0 spiro atoms. The van der Waals surface area contributed by atoms with Crippen molar-refractivity contribution < 1.29 is 19.0 Å². The summed E-state index contributed by atoms with van der Waals surface area (Å²) in [6.07, 6.45) is 0. The third-order valence-corrected chi connectivity index (χ3v) is 5.90. The number of hydrogen-bond donors (Lipinski definition) is 1. The Labute approximate surface area is 172 Å². The van der Waals surface area contributed by atoms with Crippen molar-refractivity contribution in [2.24, 2.45) is 0 Å². The summed E-state index contributed by atoms with van der Waals surface area (Å²) >= 11 is 1.64. The second-order valence-electron chi connectivity index (χ2n) is 6.41. The van der Waals surface area contributed by atoms with Crippen LogP contribution in [0.3, 0.4) is 0 Å². The molecule has 0 atom stereocenters. The van der Waals surface area contributed by atoms with Gasteiger partial charge in [0.15, 0.2) is 0 Å². The molecule has 0 saturated heterocycles. The summed E-state index contributed by atoms with van der Waals surface area (Å²) in [5, 5.41) is 0. The maximum atomic E-state index is 12.6. The number of hydrogen-bond acceptors (Lipinski definition) is 5. The number of aromatic nitrogens is 1. The van der Waals surface area contributed by atoms with Crippen molar-refractivity contribution in [3.63, 3.8) is 0 Å². The van der Waals surface area contributed by atoms with Gasteiger partial charge in [-0.1, -0.05) is 12.1 Å². The molecule has 0 aliphatic rings. The Hall–Kier alpha value is -3.25. The van der Waals surface area contributed by atoms with Crippen LogP contribution < -0.4 is 9.47 Å². The molecule has 2 aromatic carbocycles. The first-order valence-corrected chi connectivity index (χ1v) is 10.1. The van der Waals surface area contributed by atoms with Gasteiger partial charge < -0.3 is 19.2 Å². The van der Waals surface area contributed by atoms with E-state index in [0.717, 1.165) is 43.3 Å². The van der Waals surface area contributed by atoms with Crippen molar-refractivity contribution in [2.45, 2.75) is 6.92 Å². The van der Waals surface area contributed by atoms with Crippen molar-refractivity contribution in [2.75, 3.05) is 20.8 Å². The molecule has 0 bridgehead atoms. The fraction of sp³-hybridized carbons (Fsp3) is 0.174. The molecule has 148 valence electrons. The maximum absolute atomic E-state index is 12.6. The highest BCUT2D eigenvalue weighted by molar-refractivity contribution is 7.22. The standard InChI is InChI=1S/C23H21NO4S/c1-4-28-23(25)21-20(15-7-11-17(27-3)12-8-15)22-18(24-21)13-19(29-22)14-5-9-16(26-2)10-6-14/h5-13,24H,4H2,1-3H3. The third-order valence-electron chi connectivity index (χ3n) is 4.70. The molecule has 0 saturated carbocycles. The van der Waals surface area contributed by atoms with Gasteiger partial charge in [0.2, 0.25) is 0 Å². The van der Waals surface area contributed by atoms with Crippen LogP contribution in [-0.2, 0) is 4.74 Å². The number of fused-ring (bicyclic) bond motifs is 1. The molecule has 0 radical (unpaired) electrons. The molecule has 6 heteroatoms. The van der Waals surface area contributed by atoms with Gasteiger partial charge in [0, 0.05) is 10.4 Å². The summed E-state index contributed by atoms with van der Waals surface area (Å²) in [6, 6.07) is 17.7. The Morgan fingerprint density at radius 3 is 2.07 bits per heavy atom. The van der Waals surface area contributed by atoms with Gasteiger partial charge in [-0.05, 0) is 60.5 Å². The molecule has 0 aliphatic carbocycles. The van der Waals surface area contributed by atoms with Gasteiger partial charge in [0.1, 0.15) is 17.2 Å². The summed E-state index contributed by atoms with van der Waals surface area (Å²) in [7, 11) is 3.29. The number of carbonyl (C=O) groups is 1. The van der Waals surface area contributed by atoms with E-state index in [1.54, 1.807) is 32.5 Å². The zero-order valence-electron chi connectivity index (χ0n) is 16.4. The van der Waals surface area contributed by atoms with Crippen LogP contribution in [0.25, 0.3) is 31.8 Å². The zero-order chi connectivity index (χ0) is 20.4. The van der Waals surface area contributed by atoms with E-state index in [-0.39, 0.29) is 5.97 Å². The van der Waals surface area contributed by atoms with Crippen LogP contribution in [0.15, 0.2) is 54.6 Å².